The van der Waals surface area contributed by atoms with Gasteiger partial charge in [0, 0.05) is 49.1 Å². The van der Waals surface area contributed by atoms with Crippen LogP contribution in [-0.4, -0.2) is 67.2 Å². The van der Waals surface area contributed by atoms with E-state index < -0.39 is 0 Å². The summed E-state index contributed by atoms with van der Waals surface area (Å²) in [6.45, 7) is 3.17. The van der Waals surface area contributed by atoms with Gasteiger partial charge in [-0.3, -0.25) is 4.79 Å². The van der Waals surface area contributed by atoms with Crippen LogP contribution in [0.3, 0.4) is 0 Å². The monoisotopic (exact) mass is 443 g/mol. The number of nitrogens with zero attached hydrogens (tertiary/aromatic N) is 2. The summed E-state index contributed by atoms with van der Waals surface area (Å²) in [7, 11) is 0. The van der Waals surface area contributed by atoms with Crippen LogP contribution in [0.1, 0.15) is 23.2 Å². The number of carbonyl (C=O) groups excluding carboxylic acids is 2. The van der Waals surface area contributed by atoms with E-state index >= 15 is 0 Å². The van der Waals surface area contributed by atoms with Crippen molar-refractivity contribution in [2.45, 2.75) is 18.9 Å². The van der Waals surface area contributed by atoms with Gasteiger partial charge in [0.05, 0.1) is 6.10 Å². The Bertz CT molecular complexity index is 925. The predicted molar refractivity (Wildman–Crippen MR) is 119 cm³/mol. The number of nitrogens with one attached hydrogen (secondary N) is 1. The van der Waals surface area contributed by atoms with Crippen LogP contribution >= 0.6 is 11.6 Å². The maximum Gasteiger partial charge on any atom is 0.321 e. The molecule has 2 aromatic carbocycles. The highest BCUT2D eigenvalue weighted by Gasteiger charge is 2.25. The van der Waals surface area contributed by atoms with Crippen LogP contribution in [0.2, 0.25) is 5.02 Å². The maximum absolute atomic E-state index is 12.9. The second-order valence-electron chi connectivity index (χ2n) is 7.69. The lowest BCUT2D eigenvalue weighted by Gasteiger charge is -2.34. The van der Waals surface area contributed by atoms with Gasteiger partial charge in [0.25, 0.3) is 5.91 Å². The van der Waals surface area contributed by atoms with Crippen LogP contribution in [-0.2, 0) is 4.74 Å². The maximum atomic E-state index is 12.9. The third-order valence-corrected chi connectivity index (χ3v) is 5.71. The molecule has 2 aromatic rings. The molecule has 0 radical (unpaired) electrons. The van der Waals surface area contributed by atoms with E-state index in [0.717, 1.165) is 19.4 Å². The summed E-state index contributed by atoms with van der Waals surface area (Å²) >= 11 is 5.97. The number of hydrogen-bond donors (Lipinski definition) is 1. The SMILES string of the molecule is O=C(Nc1cccc(Cl)c1)N1CCN(C(=O)c2cccc(OC[C@@H]3CCCO3)c2)CC1. The zero-order chi connectivity index (χ0) is 21.6. The molecule has 31 heavy (non-hydrogen) atoms. The fraction of sp³-hybridized carbons (Fsp3) is 0.391. The average molecular weight is 444 g/mol. The van der Waals surface area contributed by atoms with Gasteiger partial charge in [-0.25, -0.2) is 4.79 Å². The van der Waals surface area contributed by atoms with Crippen LogP contribution in [0, 0.1) is 0 Å². The lowest BCUT2D eigenvalue weighted by atomic mass is 10.1. The summed E-state index contributed by atoms with van der Waals surface area (Å²) in [4.78, 5) is 28.9. The number of rotatable bonds is 5. The van der Waals surface area contributed by atoms with Crippen molar-refractivity contribution in [3.05, 3.63) is 59.1 Å². The topological polar surface area (TPSA) is 71.1 Å². The smallest absolute Gasteiger partial charge is 0.321 e. The second-order valence-corrected chi connectivity index (χ2v) is 8.13. The largest absolute Gasteiger partial charge is 0.491 e. The molecule has 4 rings (SSSR count). The standard InChI is InChI=1S/C23H26ClN3O4/c24-18-5-2-6-19(15-18)25-23(29)27-11-9-26(10-12-27)22(28)17-4-1-7-20(14-17)31-16-21-8-3-13-30-21/h1-2,4-7,14-15,21H,3,8-13,16H2,(H,25,29)/t21-/m0/s1. The number of halogens is 1. The molecule has 0 aromatic heterocycles. The van der Waals surface area contributed by atoms with Gasteiger partial charge in [0.1, 0.15) is 12.4 Å². The van der Waals surface area contributed by atoms with Gasteiger partial charge in [-0.15, -0.1) is 0 Å². The van der Waals surface area contributed by atoms with E-state index in [1.54, 1.807) is 46.2 Å². The molecule has 0 bridgehead atoms. The Morgan fingerprint density at radius 2 is 1.84 bits per heavy atom. The average Bonchev–Trinajstić information content (AvgIpc) is 3.31. The molecule has 2 aliphatic heterocycles. The number of anilines is 1. The first-order valence-electron chi connectivity index (χ1n) is 10.5. The number of benzene rings is 2. The lowest BCUT2D eigenvalue weighted by molar-refractivity contribution is 0.0661. The Balaban J connectivity index is 1.28. The minimum absolute atomic E-state index is 0.0579. The zero-order valence-corrected chi connectivity index (χ0v) is 18.0. The molecule has 2 aliphatic rings. The summed E-state index contributed by atoms with van der Waals surface area (Å²) < 4.78 is 11.4. The Labute approximate surface area is 186 Å². The molecule has 1 N–H and O–H groups in total. The number of hydrogen-bond acceptors (Lipinski definition) is 4. The van der Waals surface area contributed by atoms with Crippen LogP contribution in [0.15, 0.2) is 48.5 Å². The molecule has 0 unspecified atom stereocenters. The van der Waals surface area contributed by atoms with Crippen molar-refractivity contribution in [2.75, 3.05) is 44.7 Å². The van der Waals surface area contributed by atoms with Crippen LogP contribution in [0.5, 0.6) is 5.75 Å². The van der Waals surface area contributed by atoms with Crippen molar-refractivity contribution in [3.8, 4) is 5.75 Å². The molecule has 164 valence electrons. The van der Waals surface area contributed by atoms with E-state index in [1.165, 1.54) is 0 Å². The molecular weight excluding hydrogens is 418 g/mol. The van der Waals surface area contributed by atoms with Gasteiger partial charge < -0.3 is 24.6 Å². The minimum Gasteiger partial charge on any atom is -0.491 e. The van der Waals surface area contributed by atoms with E-state index in [4.69, 9.17) is 21.1 Å². The Hall–Kier alpha value is -2.77. The number of ether oxygens (including phenoxy) is 2. The van der Waals surface area contributed by atoms with Crippen molar-refractivity contribution < 1.29 is 19.1 Å². The van der Waals surface area contributed by atoms with E-state index in [0.29, 0.717) is 54.8 Å². The molecule has 0 spiro atoms. The Morgan fingerprint density at radius 1 is 1.06 bits per heavy atom. The van der Waals surface area contributed by atoms with Gasteiger partial charge in [0.2, 0.25) is 0 Å². The lowest BCUT2D eigenvalue weighted by Crippen LogP contribution is -2.51. The molecule has 0 saturated carbocycles. The normalized spacial score (nSPS) is 18.7. The molecule has 3 amide bonds. The first-order valence-corrected chi connectivity index (χ1v) is 10.9. The van der Waals surface area contributed by atoms with E-state index in [2.05, 4.69) is 5.32 Å². The van der Waals surface area contributed by atoms with Gasteiger partial charge in [-0.05, 0) is 49.2 Å². The third kappa shape index (κ3) is 5.68. The van der Waals surface area contributed by atoms with E-state index in [-0.39, 0.29) is 18.0 Å². The summed E-state index contributed by atoms with van der Waals surface area (Å²) in [6, 6.07) is 14.1. The highest BCUT2D eigenvalue weighted by atomic mass is 35.5. The van der Waals surface area contributed by atoms with Gasteiger partial charge in [0.15, 0.2) is 0 Å². The van der Waals surface area contributed by atoms with E-state index in [9.17, 15) is 9.59 Å². The Morgan fingerprint density at radius 3 is 2.58 bits per heavy atom. The van der Waals surface area contributed by atoms with Crippen LogP contribution in [0.25, 0.3) is 0 Å². The van der Waals surface area contributed by atoms with E-state index in [1.807, 2.05) is 12.1 Å². The van der Waals surface area contributed by atoms with Crippen molar-refractivity contribution in [1.82, 2.24) is 9.80 Å². The molecule has 8 heteroatoms. The molecule has 2 fully saturated rings. The third-order valence-electron chi connectivity index (χ3n) is 5.47. The fourth-order valence-corrected chi connectivity index (χ4v) is 3.94. The molecular formula is C23H26ClN3O4. The number of urea groups is 1. The molecule has 7 nitrogen and oxygen atoms in total. The molecule has 1 atom stereocenters. The van der Waals surface area contributed by atoms with Crippen molar-refractivity contribution in [2.24, 2.45) is 0 Å². The number of piperazine rings is 1. The molecule has 2 heterocycles. The summed E-state index contributed by atoms with van der Waals surface area (Å²) in [5, 5.41) is 3.41. The predicted octanol–water partition coefficient (Wildman–Crippen LogP) is 3.89. The van der Waals surface area contributed by atoms with Crippen molar-refractivity contribution >= 4 is 29.2 Å². The number of amides is 3. The van der Waals surface area contributed by atoms with Crippen molar-refractivity contribution in [1.29, 1.82) is 0 Å². The molecule has 2 saturated heterocycles. The summed E-state index contributed by atoms with van der Waals surface area (Å²) in [5.41, 5.74) is 1.23. The second kappa shape index (κ2) is 10.0. The van der Waals surface area contributed by atoms with Crippen molar-refractivity contribution in [3.63, 3.8) is 0 Å². The number of carbonyl (C=O) groups is 2. The molecule has 0 aliphatic carbocycles. The van der Waals surface area contributed by atoms with Gasteiger partial charge in [-0.2, -0.15) is 0 Å². The summed E-state index contributed by atoms with van der Waals surface area (Å²) in [6.07, 6.45) is 2.20. The Kier molecular flexibility index (Phi) is 6.94. The minimum atomic E-state index is -0.195. The van der Waals surface area contributed by atoms with Gasteiger partial charge >= 0.3 is 6.03 Å². The highest BCUT2D eigenvalue weighted by Crippen LogP contribution is 2.19. The quantitative estimate of drug-likeness (QED) is 0.761. The van der Waals surface area contributed by atoms with Crippen LogP contribution in [0.4, 0.5) is 10.5 Å². The van der Waals surface area contributed by atoms with Gasteiger partial charge in [-0.1, -0.05) is 23.7 Å². The first-order chi connectivity index (χ1) is 15.1. The zero-order valence-electron chi connectivity index (χ0n) is 17.3. The summed E-state index contributed by atoms with van der Waals surface area (Å²) in [5.74, 6) is 0.610. The first kappa shape index (κ1) is 21.5. The highest BCUT2D eigenvalue weighted by molar-refractivity contribution is 6.30. The fourth-order valence-electron chi connectivity index (χ4n) is 3.75. The van der Waals surface area contributed by atoms with Crippen LogP contribution < -0.4 is 10.1 Å².